The first kappa shape index (κ1) is 7.56. The van der Waals surface area contributed by atoms with E-state index in [9.17, 15) is 5.11 Å². The van der Waals surface area contributed by atoms with Crippen LogP contribution in [0.4, 0.5) is 0 Å². The van der Waals surface area contributed by atoms with Crippen LogP contribution in [0.5, 0.6) is 0 Å². The van der Waals surface area contributed by atoms with Gasteiger partial charge in [0.15, 0.2) is 0 Å². The minimum Gasteiger partial charge on any atom is -0.384 e. The van der Waals surface area contributed by atoms with E-state index in [2.05, 4.69) is 26.0 Å². The summed E-state index contributed by atoms with van der Waals surface area (Å²) in [6.07, 6.45) is 3.41. The number of benzene rings is 1. The van der Waals surface area contributed by atoms with Gasteiger partial charge in [-0.15, -0.1) is 0 Å². The molecule has 1 nitrogen and oxygen atoms in total. The molecule has 1 aromatic rings. The van der Waals surface area contributed by atoms with Crippen LogP contribution in [0.1, 0.15) is 28.4 Å². The molecule has 0 spiro atoms. The normalized spacial score (nSPS) is 19.8. The topological polar surface area (TPSA) is 20.2 Å². The highest BCUT2D eigenvalue weighted by Gasteiger charge is 2.14. The number of hydrogen-bond acceptors (Lipinski definition) is 1. The van der Waals surface area contributed by atoms with Crippen molar-refractivity contribution >= 4 is 6.08 Å². The monoisotopic (exact) mass is 160 g/mol. The van der Waals surface area contributed by atoms with E-state index < -0.39 is 0 Å². The maximum atomic E-state index is 9.51. The molecule has 1 aromatic carbocycles. The molecule has 1 unspecified atom stereocenters. The van der Waals surface area contributed by atoms with Crippen molar-refractivity contribution in [2.24, 2.45) is 0 Å². The third-order valence-electron chi connectivity index (χ3n) is 2.48. The van der Waals surface area contributed by atoms with Crippen molar-refractivity contribution in [3.63, 3.8) is 0 Å². The molecule has 0 aromatic heterocycles. The zero-order valence-corrected chi connectivity index (χ0v) is 7.33. The number of fused-ring (bicyclic) bond motifs is 1. The van der Waals surface area contributed by atoms with Gasteiger partial charge < -0.3 is 5.11 Å². The van der Waals surface area contributed by atoms with Crippen LogP contribution in [-0.4, -0.2) is 5.11 Å². The smallest absolute Gasteiger partial charge is 0.0980 e. The molecule has 1 aliphatic rings. The summed E-state index contributed by atoms with van der Waals surface area (Å²) in [6.45, 7) is 4.16. The van der Waals surface area contributed by atoms with Gasteiger partial charge in [-0.25, -0.2) is 0 Å². The summed E-state index contributed by atoms with van der Waals surface area (Å²) in [5.41, 5.74) is 4.73. The second-order valence-corrected chi connectivity index (χ2v) is 3.37. The lowest BCUT2D eigenvalue weighted by Crippen LogP contribution is -1.93. The molecule has 0 fully saturated rings. The fourth-order valence-corrected chi connectivity index (χ4v) is 1.56. The number of aryl methyl sites for hydroxylation is 2. The fraction of sp³-hybridized carbons (Fsp3) is 0.273. The zero-order chi connectivity index (χ0) is 8.72. The Hall–Kier alpha value is -1.08. The van der Waals surface area contributed by atoms with E-state index in [0.29, 0.717) is 0 Å². The highest BCUT2D eigenvalue weighted by molar-refractivity contribution is 5.63. The minimum atomic E-state index is -0.390. The number of hydrogen-bond donors (Lipinski definition) is 1. The van der Waals surface area contributed by atoms with Crippen molar-refractivity contribution in [3.8, 4) is 0 Å². The average Bonchev–Trinajstić information content (AvgIpc) is 2.35. The van der Waals surface area contributed by atoms with Gasteiger partial charge in [-0.05, 0) is 36.1 Å². The van der Waals surface area contributed by atoms with Crippen LogP contribution in [0.25, 0.3) is 6.08 Å². The van der Waals surface area contributed by atoms with Crippen LogP contribution in [-0.2, 0) is 0 Å². The van der Waals surface area contributed by atoms with Crippen molar-refractivity contribution in [1.82, 2.24) is 0 Å². The first-order valence-corrected chi connectivity index (χ1v) is 4.16. The van der Waals surface area contributed by atoms with E-state index in [1.165, 1.54) is 11.1 Å². The molecule has 0 heterocycles. The van der Waals surface area contributed by atoms with Gasteiger partial charge in [-0.1, -0.05) is 24.3 Å². The standard InChI is InChI=1S/C11H12O/c1-7-5-9-3-4-11(12)10(9)6-8(7)2/h3-6,11-12H,1-2H3. The molecule has 0 saturated carbocycles. The lowest BCUT2D eigenvalue weighted by atomic mass is 10.0. The highest BCUT2D eigenvalue weighted by Crippen LogP contribution is 2.29. The zero-order valence-electron chi connectivity index (χ0n) is 7.33. The lowest BCUT2D eigenvalue weighted by molar-refractivity contribution is 0.232. The Labute approximate surface area is 72.4 Å². The van der Waals surface area contributed by atoms with Crippen LogP contribution in [0.2, 0.25) is 0 Å². The van der Waals surface area contributed by atoms with E-state index in [1.54, 1.807) is 0 Å². The summed E-state index contributed by atoms with van der Waals surface area (Å²) in [4.78, 5) is 0. The first-order valence-electron chi connectivity index (χ1n) is 4.16. The van der Waals surface area contributed by atoms with Crippen LogP contribution in [0.3, 0.4) is 0 Å². The van der Waals surface area contributed by atoms with Gasteiger partial charge in [-0.3, -0.25) is 0 Å². The fourth-order valence-electron chi connectivity index (χ4n) is 1.56. The Bertz CT molecular complexity index is 350. The van der Waals surface area contributed by atoms with Crippen molar-refractivity contribution < 1.29 is 5.11 Å². The molecule has 1 aliphatic carbocycles. The maximum Gasteiger partial charge on any atom is 0.0980 e. The molecular formula is C11H12O. The van der Waals surface area contributed by atoms with Gasteiger partial charge in [0.05, 0.1) is 6.10 Å². The van der Waals surface area contributed by atoms with E-state index in [4.69, 9.17) is 0 Å². The molecule has 1 atom stereocenters. The molecule has 2 rings (SSSR count). The van der Waals surface area contributed by atoms with Crippen LogP contribution < -0.4 is 0 Å². The van der Waals surface area contributed by atoms with E-state index in [1.807, 2.05) is 12.2 Å². The van der Waals surface area contributed by atoms with Crippen molar-refractivity contribution in [3.05, 3.63) is 40.5 Å². The summed E-state index contributed by atoms with van der Waals surface area (Å²) >= 11 is 0. The third kappa shape index (κ3) is 0.978. The van der Waals surface area contributed by atoms with Gasteiger partial charge >= 0.3 is 0 Å². The minimum absolute atomic E-state index is 0.390. The van der Waals surface area contributed by atoms with Gasteiger partial charge in [0.25, 0.3) is 0 Å². The van der Waals surface area contributed by atoms with Gasteiger partial charge in [-0.2, -0.15) is 0 Å². The predicted molar refractivity (Wildman–Crippen MR) is 49.9 cm³/mol. The third-order valence-corrected chi connectivity index (χ3v) is 2.48. The summed E-state index contributed by atoms with van der Waals surface area (Å²) in [7, 11) is 0. The summed E-state index contributed by atoms with van der Waals surface area (Å²) in [5, 5.41) is 9.51. The second-order valence-electron chi connectivity index (χ2n) is 3.37. The SMILES string of the molecule is Cc1cc2c(cc1C)C(O)C=C2. The Morgan fingerprint density at radius 1 is 1.17 bits per heavy atom. The van der Waals surface area contributed by atoms with Gasteiger partial charge in [0.1, 0.15) is 0 Å². The Kier molecular flexibility index (Phi) is 1.55. The van der Waals surface area contributed by atoms with E-state index in [-0.39, 0.29) is 6.10 Å². The average molecular weight is 160 g/mol. The van der Waals surface area contributed by atoms with Gasteiger partial charge in [0, 0.05) is 0 Å². The predicted octanol–water partition coefficient (Wildman–Crippen LogP) is 2.36. The maximum absolute atomic E-state index is 9.51. The summed E-state index contributed by atoms with van der Waals surface area (Å²) in [5.74, 6) is 0. The number of rotatable bonds is 0. The van der Waals surface area contributed by atoms with E-state index in [0.717, 1.165) is 11.1 Å². The highest BCUT2D eigenvalue weighted by atomic mass is 16.3. The Balaban J connectivity index is 2.62. The van der Waals surface area contributed by atoms with Gasteiger partial charge in [0.2, 0.25) is 0 Å². The Morgan fingerprint density at radius 3 is 2.58 bits per heavy atom. The molecule has 1 N–H and O–H groups in total. The first-order chi connectivity index (χ1) is 5.68. The summed E-state index contributed by atoms with van der Waals surface area (Å²) in [6, 6.07) is 4.19. The lowest BCUT2D eigenvalue weighted by Gasteiger charge is -2.07. The van der Waals surface area contributed by atoms with Crippen molar-refractivity contribution in [2.45, 2.75) is 20.0 Å². The molecular weight excluding hydrogens is 148 g/mol. The molecule has 0 amide bonds. The molecule has 0 aliphatic heterocycles. The van der Waals surface area contributed by atoms with Crippen molar-refractivity contribution in [1.29, 1.82) is 0 Å². The number of aliphatic hydroxyl groups excluding tert-OH is 1. The molecule has 0 saturated heterocycles. The Morgan fingerprint density at radius 2 is 1.83 bits per heavy atom. The van der Waals surface area contributed by atoms with E-state index >= 15 is 0 Å². The van der Waals surface area contributed by atoms with Crippen LogP contribution in [0.15, 0.2) is 18.2 Å². The number of aliphatic hydroxyl groups is 1. The second kappa shape index (κ2) is 2.46. The largest absolute Gasteiger partial charge is 0.384 e. The van der Waals surface area contributed by atoms with Crippen LogP contribution >= 0.6 is 0 Å². The molecule has 0 radical (unpaired) electrons. The van der Waals surface area contributed by atoms with Crippen LogP contribution in [0, 0.1) is 13.8 Å². The quantitative estimate of drug-likeness (QED) is 0.617. The van der Waals surface area contributed by atoms with Crippen molar-refractivity contribution in [2.75, 3.05) is 0 Å². The summed E-state index contributed by atoms with van der Waals surface area (Å²) < 4.78 is 0. The molecule has 0 bridgehead atoms. The molecule has 62 valence electrons. The molecule has 1 heteroatoms. The molecule has 12 heavy (non-hydrogen) atoms.